The van der Waals surface area contributed by atoms with E-state index in [2.05, 4.69) is 5.32 Å². The Labute approximate surface area is 89.8 Å². The molecule has 15 heavy (non-hydrogen) atoms. The van der Waals surface area contributed by atoms with Gasteiger partial charge in [-0.2, -0.15) is 0 Å². The van der Waals surface area contributed by atoms with Crippen LogP contribution in [-0.4, -0.2) is 49.1 Å². The number of methoxy groups -OCH3 is 1. The summed E-state index contributed by atoms with van der Waals surface area (Å²) >= 11 is 0. The van der Waals surface area contributed by atoms with Crippen molar-refractivity contribution < 1.29 is 14.3 Å². The van der Waals surface area contributed by atoms with E-state index < -0.39 is 5.54 Å². The number of hydrogen-bond acceptors (Lipinski definition) is 3. The van der Waals surface area contributed by atoms with Gasteiger partial charge in [0.15, 0.2) is 0 Å². The van der Waals surface area contributed by atoms with E-state index in [9.17, 15) is 9.59 Å². The van der Waals surface area contributed by atoms with E-state index >= 15 is 0 Å². The first-order valence-corrected chi connectivity index (χ1v) is 5.06. The van der Waals surface area contributed by atoms with E-state index in [0.717, 1.165) is 0 Å². The van der Waals surface area contributed by atoms with Crippen LogP contribution in [-0.2, 0) is 14.3 Å². The molecule has 5 nitrogen and oxygen atoms in total. The molecule has 0 aromatic rings. The molecule has 1 aliphatic heterocycles. The molecule has 1 aliphatic rings. The maximum Gasteiger partial charge on any atom is 0.247 e. The van der Waals surface area contributed by atoms with Gasteiger partial charge < -0.3 is 15.0 Å². The highest BCUT2D eigenvalue weighted by Gasteiger charge is 2.35. The number of rotatable bonds is 3. The summed E-state index contributed by atoms with van der Waals surface area (Å²) in [5, 5.41) is 2.70. The van der Waals surface area contributed by atoms with E-state index in [1.807, 2.05) is 0 Å². The average molecular weight is 214 g/mol. The van der Waals surface area contributed by atoms with Crippen molar-refractivity contribution in [2.45, 2.75) is 25.8 Å². The molecule has 0 spiro atoms. The molecule has 1 heterocycles. The highest BCUT2D eigenvalue weighted by molar-refractivity contribution is 5.92. The van der Waals surface area contributed by atoms with Gasteiger partial charge in [-0.25, -0.2) is 0 Å². The van der Waals surface area contributed by atoms with Crippen LogP contribution in [0.5, 0.6) is 0 Å². The summed E-state index contributed by atoms with van der Waals surface area (Å²) in [4.78, 5) is 25.0. The fraction of sp³-hybridized carbons (Fsp3) is 0.800. The molecule has 2 amide bonds. The fourth-order valence-electron chi connectivity index (χ4n) is 1.61. The molecule has 1 saturated heterocycles. The van der Waals surface area contributed by atoms with Crippen molar-refractivity contribution >= 4 is 11.8 Å². The second-order valence-corrected chi connectivity index (χ2v) is 4.21. The second kappa shape index (κ2) is 4.61. The minimum atomic E-state index is -0.804. The van der Waals surface area contributed by atoms with E-state index in [1.165, 1.54) is 0 Å². The van der Waals surface area contributed by atoms with Crippen molar-refractivity contribution in [3.8, 4) is 0 Å². The molecule has 1 fully saturated rings. The minimum Gasteiger partial charge on any atom is -0.383 e. The molecule has 0 radical (unpaired) electrons. The summed E-state index contributed by atoms with van der Waals surface area (Å²) in [7, 11) is 1.59. The number of carbonyl (C=O) groups is 2. The Morgan fingerprint density at radius 2 is 2.13 bits per heavy atom. The van der Waals surface area contributed by atoms with Crippen molar-refractivity contribution in [2.75, 3.05) is 26.8 Å². The zero-order valence-corrected chi connectivity index (χ0v) is 9.50. The Morgan fingerprint density at radius 3 is 2.73 bits per heavy atom. The van der Waals surface area contributed by atoms with Gasteiger partial charge in [-0.3, -0.25) is 9.59 Å². The normalized spacial score (nSPS) is 21.1. The summed E-state index contributed by atoms with van der Waals surface area (Å²) in [6, 6.07) is 0. The van der Waals surface area contributed by atoms with Gasteiger partial charge in [-0.15, -0.1) is 0 Å². The maximum atomic E-state index is 12.0. The van der Waals surface area contributed by atoms with Crippen LogP contribution >= 0.6 is 0 Å². The van der Waals surface area contributed by atoms with E-state index in [4.69, 9.17) is 4.74 Å². The summed E-state index contributed by atoms with van der Waals surface area (Å²) in [5.74, 6) is -0.126. The highest BCUT2D eigenvalue weighted by atomic mass is 16.5. The van der Waals surface area contributed by atoms with E-state index in [1.54, 1.807) is 25.9 Å². The lowest BCUT2D eigenvalue weighted by atomic mass is 10.0. The molecule has 0 bridgehead atoms. The standard InChI is InChI=1S/C10H18N2O3/c1-10(2)9(14)12(6-7-15-3)5-4-8(13)11-10/h4-7H2,1-3H3,(H,11,13). The van der Waals surface area contributed by atoms with Crippen molar-refractivity contribution in [1.29, 1.82) is 0 Å². The lowest BCUT2D eigenvalue weighted by molar-refractivity contribution is -0.137. The topological polar surface area (TPSA) is 58.6 Å². The van der Waals surface area contributed by atoms with Gasteiger partial charge in [0.1, 0.15) is 5.54 Å². The average Bonchev–Trinajstić information content (AvgIpc) is 2.24. The maximum absolute atomic E-state index is 12.0. The summed E-state index contributed by atoms with van der Waals surface area (Å²) in [6.45, 7) is 4.94. The van der Waals surface area contributed by atoms with Crippen LogP contribution in [0.25, 0.3) is 0 Å². The van der Waals surface area contributed by atoms with Crippen molar-refractivity contribution in [3.05, 3.63) is 0 Å². The number of hydrogen-bond donors (Lipinski definition) is 1. The molecule has 0 aliphatic carbocycles. The Kier molecular flexibility index (Phi) is 3.68. The molecular formula is C10H18N2O3. The summed E-state index contributed by atoms with van der Waals surface area (Å²) in [5.41, 5.74) is -0.804. The first-order valence-electron chi connectivity index (χ1n) is 5.06. The molecule has 0 unspecified atom stereocenters. The van der Waals surface area contributed by atoms with E-state index in [0.29, 0.717) is 26.1 Å². The summed E-state index contributed by atoms with van der Waals surface area (Å²) in [6.07, 6.45) is 0.360. The number of carbonyl (C=O) groups excluding carboxylic acids is 2. The lowest BCUT2D eigenvalue weighted by Gasteiger charge is -2.28. The monoisotopic (exact) mass is 214 g/mol. The van der Waals surface area contributed by atoms with Gasteiger partial charge >= 0.3 is 0 Å². The SMILES string of the molecule is COCCN1CCC(=O)NC(C)(C)C1=O. The third-order valence-electron chi connectivity index (χ3n) is 2.45. The summed E-state index contributed by atoms with van der Waals surface area (Å²) < 4.78 is 4.93. The Morgan fingerprint density at radius 1 is 1.47 bits per heavy atom. The van der Waals surface area contributed by atoms with Crippen LogP contribution in [0.3, 0.4) is 0 Å². The molecule has 1 rings (SSSR count). The number of nitrogens with one attached hydrogen (secondary N) is 1. The Bertz CT molecular complexity index is 263. The Hall–Kier alpha value is -1.10. The van der Waals surface area contributed by atoms with Gasteiger partial charge in [0.25, 0.3) is 0 Å². The molecule has 0 saturated carbocycles. The van der Waals surface area contributed by atoms with Gasteiger partial charge in [-0.05, 0) is 13.8 Å². The van der Waals surface area contributed by atoms with E-state index in [-0.39, 0.29) is 11.8 Å². The minimum absolute atomic E-state index is 0.0506. The largest absolute Gasteiger partial charge is 0.383 e. The van der Waals surface area contributed by atoms with Crippen molar-refractivity contribution in [2.24, 2.45) is 0 Å². The zero-order valence-electron chi connectivity index (χ0n) is 9.50. The lowest BCUT2D eigenvalue weighted by Crippen LogP contribution is -2.53. The second-order valence-electron chi connectivity index (χ2n) is 4.21. The van der Waals surface area contributed by atoms with Crippen LogP contribution in [0.1, 0.15) is 20.3 Å². The molecule has 86 valence electrons. The molecular weight excluding hydrogens is 196 g/mol. The Balaban J connectivity index is 2.72. The molecule has 5 heteroatoms. The quantitative estimate of drug-likeness (QED) is 0.705. The first kappa shape index (κ1) is 12.0. The smallest absolute Gasteiger partial charge is 0.247 e. The number of nitrogens with zero attached hydrogens (tertiary/aromatic N) is 1. The number of ether oxygens (including phenoxy) is 1. The van der Waals surface area contributed by atoms with Crippen molar-refractivity contribution in [1.82, 2.24) is 10.2 Å². The predicted molar refractivity (Wildman–Crippen MR) is 55.3 cm³/mol. The van der Waals surface area contributed by atoms with Crippen LogP contribution < -0.4 is 5.32 Å². The van der Waals surface area contributed by atoms with Crippen LogP contribution in [0.15, 0.2) is 0 Å². The van der Waals surface area contributed by atoms with Gasteiger partial charge in [0, 0.05) is 26.6 Å². The first-order chi connectivity index (χ1) is 6.97. The van der Waals surface area contributed by atoms with Gasteiger partial charge in [0.2, 0.25) is 11.8 Å². The highest BCUT2D eigenvalue weighted by Crippen LogP contribution is 2.12. The third kappa shape index (κ3) is 2.92. The van der Waals surface area contributed by atoms with Crippen molar-refractivity contribution in [3.63, 3.8) is 0 Å². The van der Waals surface area contributed by atoms with Gasteiger partial charge in [-0.1, -0.05) is 0 Å². The molecule has 1 N–H and O–H groups in total. The number of amides is 2. The van der Waals surface area contributed by atoms with Crippen LogP contribution in [0.4, 0.5) is 0 Å². The third-order valence-corrected chi connectivity index (χ3v) is 2.45. The van der Waals surface area contributed by atoms with Crippen LogP contribution in [0.2, 0.25) is 0 Å². The molecule has 0 aromatic heterocycles. The zero-order chi connectivity index (χ0) is 11.5. The van der Waals surface area contributed by atoms with Crippen LogP contribution in [0, 0.1) is 0 Å². The predicted octanol–water partition coefficient (Wildman–Crippen LogP) is -0.240. The molecule has 0 atom stereocenters. The van der Waals surface area contributed by atoms with Gasteiger partial charge in [0.05, 0.1) is 6.61 Å². The fourth-order valence-corrected chi connectivity index (χ4v) is 1.61. The molecule has 0 aromatic carbocycles.